The molecule has 3 heterocycles. The Labute approximate surface area is 146 Å². The molecule has 2 aliphatic rings. The Hall–Kier alpha value is -2.57. The summed E-state index contributed by atoms with van der Waals surface area (Å²) in [6.45, 7) is 3.22. The molecule has 2 aromatic rings. The van der Waals surface area contributed by atoms with Gasteiger partial charge in [0, 0.05) is 37.6 Å². The molecule has 132 valence electrons. The van der Waals surface area contributed by atoms with Crippen molar-refractivity contribution in [2.75, 3.05) is 45.3 Å². The molecule has 2 saturated heterocycles. The van der Waals surface area contributed by atoms with Crippen molar-refractivity contribution in [2.24, 2.45) is 5.92 Å². The van der Waals surface area contributed by atoms with Gasteiger partial charge < -0.3 is 19.3 Å². The zero-order chi connectivity index (χ0) is 17.4. The van der Waals surface area contributed by atoms with Crippen molar-refractivity contribution in [2.45, 2.75) is 12.8 Å². The molecule has 1 amide bonds. The summed E-state index contributed by atoms with van der Waals surface area (Å²) < 4.78 is 10.7. The number of carbonyl (C=O) groups is 1. The fourth-order valence-corrected chi connectivity index (χ4v) is 3.62. The van der Waals surface area contributed by atoms with Gasteiger partial charge in [-0.1, -0.05) is 0 Å². The van der Waals surface area contributed by atoms with E-state index in [4.69, 9.17) is 9.47 Å². The number of hydrogen-bond acceptors (Lipinski definition) is 6. The second kappa shape index (κ2) is 6.38. The standard InChI is InChI=1S/C18H22N4O3/c1-24-15-7-13-14(8-16(15)25-2)19-11-20-17(13)22-9-12(10-22)18(23)21-5-3-4-6-21/h7-8,11-12H,3-6,9-10H2,1-2H3. The second-order valence-corrected chi connectivity index (χ2v) is 6.56. The molecule has 4 rings (SSSR count). The molecule has 1 aromatic heterocycles. The van der Waals surface area contributed by atoms with Crippen LogP contribution in [0.25, 0.3) is 10.9 Å². The maximum absolute atomic E-state index is 12.5. The molecule has 0 bridgehead atoms. The molecule has 0 aliphatic carbocycles. The third-order valence-electron chi connectivity index (χ3n) is 5.07. The molecule has 7 heteroatoms. The van der Waals surface area contributed by atoms with Crippen LogP contribution >= 0.6 is 0 Å². The first kappa shape index (κ1) is 15.9. The van der Waals surface area contributed by atoms with Crippen LogP contribution in [0.2, 0.25) is 0 Å². The first-order valence-electron chi connectivity index (χ1n) is 8.61. The predicted octanol–water partition coefficient (Wildman–Crippen LogP) is 1.71. The number of likely N-dealkylation sites (tertiary alicyclic amines) is 1. The number of aromatic nitrogens is 2. The average molecular weight is 342 g/mol. The number of benzene rings is 1. The Morgan fingerprint density at radius 2 is 1.76 bits per heavy atom. The van der Waals surface area contributed by atoms with Crippen molar-refractivity contribution in [1.29, 1.82) is 0 Å². The lowest BCUT2D eigenvalue weighted by atomic mass is 9.98. The van der Waals surface area contributed by atoms with Gasteiger partial charge in [0.25, 0.3) is 0 Å². The molecule has 0 spiro atoms. The largest absolute Gasteiger partial charge is 0.493 e. The number of amides is 1. The van der Waals surface area contributed by atoms with E-state index in [2.05, 4.69) is 14.9 Å². The average Bonchev–Trinajstić information content (AvgIpc) is 3.14. The van der Waals surface area contributed by atoms with Gasteiger partial charge in [0.1, 0.15) is 12.1 Å². The maximum atomic E-state index is 12.5. The minimum Gasteiger partial charge on any atom is -0.493 e. The van der Waals surface area contributed by atoms with Crippen LogP contribution in [-0.2, 0) is 4.79 Å². The molecular weight excluding hydrogens is 320 g/mol. The van der Waals surface area contributed by atoms with Crippen LogP contribution in [0.15, 0.2) is 18.5 Å². The van der Waals surface area contributed by atoms with Gasteiger partial charge >= 0.3 is 0 Å². The topological polar surface area (TPSA) is 67.8 Å². The highest BCUT2D eigenvalue weighted by Gasteiger charge is 2.37. The number of rotatable bonds is 4. The number of fused-ring (bicyclic) bond motifs is 1. The zero-order valence-electron chi connectivity index (χ0n) is 14.6. The Bertz CT molecular complexity index is 798. The van der Waals surface area contributed by atoms with Crippen LogP contribution in [0.3, 0.4) is 0 Å². The van der Waals surface area contributed by atoms with Gasteiger partial charge in [-0.05, 0) is 18.9 Å². The van der Waals surface area contributed by atoms with Gasteiger partial charge in [0.15, 0.2) is 11.5 Å². The highest BCUT2D eigenvalue weighted by molar-refractivity contribution is 5.93. The lowest BCUT2D eigenvalue weighted by molar-refractivity contribution is -0.135. The normalized spacial score (nSPS) is 17.7. The van der Waals surface area contributed by atoms with Crippen molar-refractivity contribution >= 4 is 22.6 Å². The van der Waals surface area contributed by atoms with E-state index in [1.165, 1.54) is 0 Å². The molecule has 2 aliphatic heterocycles. The monoisotopic (exact) mass is 342 g/mol. The Balaban J connectivity index is 1.57. The highest BCUT2D eigenvalue weighted by Crippen LogP contribution is 2.36. The van der Waals surface area contributed by atoms with Crippen molar-refractivity contribution in [3.05, 3.63) is 18.5 Å². The first-order chi connectivity index (χ1) is 12.2. The fourth-order valence-electron chi connectivity index (χ4n) is 3.62. The third kappa shape index (κ3) is 2.73. The highest BCUT2D eigenvalue weighted by atomic mass is 16.5. The summed E-state index contributed by atoms with van der Waals surface area (Å²) in [7, 11) is 3.22. The number of methoxy groups -OCH3 is 2. The van der Waals surface area contributed by atoms with Crippen molar-refractivity contribution in [3.8, 4) is 11.5 Å². The minimum absolute atomic E-state index is 0.0725. The number of anilines is 1. The minimum atomic E-state index is 0.0725. The molecule has 0 N–H and O–H groups in total. The third-order valence-corrected chi connectivity index (χ3v) is 5.07. The summed E-state index contributed by atoms with van der Waals surface area (Å²) in [5.41, 5.74) is 0.803. The quantitative estimate of drug-likeness (QED) is 0.843. The summed E-state index contributed by atoms with van der Waals surface area (Å²) in [5, 5.41) is 0.909. The van der Waals surface area contributed by atoms with Gasteiger partial charge in [-0.25, -0.2) is 9.97 Å². The smallest absolute Gasteiger partial charge is 0.229 e. The molecule has 2 fully saturated rings. The van der Waals surface area contributed by atoms with Crippen LogP contribution in [0.5, 0.6) is 11.5 Å². The molecule has 0 radical (unpaired) electrons. The van der Waals surface area contributed by atoms with Crippen LogP contribution in [0.4, 0.5) is 5.82 Å². The molecule has 0 unspecified atom stereocenters. The summed E-state index contributed by atoms with van der Waals surface area (Å²) in [4.78, 5) is 25.4. The van der Waals surface area contributed by atoms with Crippen LogP contribution < -0.4 is 14.4 Å². The molecule has 1 aromatic carbocycles. The van der Waals surface area contributed by atoms with Gasteiger partial charge in [-0.2, -0.15) is 0 Å². The SMILES string of the molecule is COc1cc2ncnc(N3CC(C(=O)N4CCCC4)C3)c2cc1OC. The van der Waals surface area contributed by atoms with Gasteiger partial charge in [0.2, 0.25) is 5.91 Å². The predicted molar refractivity (Wildman–Crippen MR) is 94.2 cm³/mol. The number of hydrogen-bond donors (Lipinski definition) is 0. The first-order valence-corrected chi connectivity index (χ1v) is 8.61. The van der Waals surface area contributed by atoms with E-state index >= 15 is 0 Å². The Morgan fingerprint density at radius 1 is 1.08 bits per heavy atom. The number of nitrogens with zero attached hydrogens (tertiary/aromatic N) is 4. The fraction of sp³-hybridized carbons (Fsp3) is 0.500. The second-order valence-electron chi connectivity index (χ2n) is 6.56. The zero-order valence-corrected chi connectivity index (χ0v) is 14.6. The van der Waals surface area contributed by atoms with E-state index in [1.54, 1.807) is 20.5 Å². The molecule has 0 atom stereocenters. The van der Waals surface area contributed by atoms with E-state index < -0.39 is 0 Å². The molecule has 0 saturated carbocycles. The van der Waals surface area contributed by atoms with E-state index in [9.17, 15) is 4.79 Å². The lowest BCUT2D eigenvalue weighted by Gasteiger charge is -2.41. The van der Waals surface area contributed by atoms with Gasteiger partial charge in [-0.3, -0.25) is 4.79 Å². The van der Waals surface area contributed by atoms with Crippen LogP contribution in [0.1, 0.15) is 12.8 Å². The van der Waals surface area contributed by atoms with Crippen molar-refractivity contribution in [1.82, 2.24) is 14.9 Å². The Morgan fingerprint density at radius 3 is 2.44 bits per heavy atom. The van der Waals surface area contributed by atoms with E-state index in [-0.39, 0.29) is 11.8 Å². The summed E-state index contributed by atoms with van der Waals surface area (Å²) in [6.07, 6.45) is 3.81. The molecule has 7 nitrogen and oxygen atoms in total. The lowest BCUT2D eigenvalue weighted by Crippen LogP contribution is -2.54. The van der Waals surface area contributed by atoms with E-state index in [1.807, 2.05) is 17.0 Å². The summed E-state index contributed by atoms with van der Waals surface area (Å²) in [6, 6.07) is 3.76. The van der Waals surface area contributed by atoms with Gasteiger partial charge in [-0.15, -0.1) is 0 Å². The summed E-state index contributed by atoms with van der Waals surface area (Å²) >= 11 is 0. The molecule has 25 heavy (non-hydrogen) atoms. The van der Waals surface area contributed by atoms with Crippen LogP contribution in [0, 0.1) is 5.92 Å². The summed E-state index contributed by atoms with van der Waals surface area (Å²) in [5.74, 6) is 2.49. The van der Waals surface area contributed by atoms with Gasteiger partial charge in [0.05, 0.1) is 25.7 Å². The van der Waals surface area contributed by atoms with Crippen molar-refractivity contribution in [3.63, 3.8) is 0 Å². The number of carbonyl (C=O) groups excluding carboxylic acids is 1. The van der Waals surface area contributed by atoms with E-state index in [0.29, 0.717) is 24.6 Å². The van der Waals surface area contributed by atoms with Crippen molar-refractivity contribution < 1.29 is 14.3 Å². The maximum Gasteiger partial charge on any atom is 0.229 e. The Kier molecular flexibility index (Phi) is 4.07. The number of ether oxygens (including phenoxy) is 2. The molecular formula is C18H22N4O3. The van der Waals surface area contributed by atoms with Crippen LogP contribution in [-0.4, -0.2) is 61.2 Å². The van der Waals surface area contributed by atoms with E-state index in [0.717, 1.165) is 42.7 Å².